The van der Waals surface area contributed by atoms with Gasteiger partial charge in [-0.2, -0.15) is 5.10 Å². The fraction of sp³-hybridized carbons (Fsp3) is 0. The van der Waals surface area contributed by atoms with Crippen LogP contribution in [0.1, 0.15) is 20.7 Å². The predicted octanol–water partition coefficient (Wildman–Crippen LogP) is 1.97. The van der Waals surface area contributed by atoms with Crippen molar-refractivity contribution in [2.75, 3.05) is 5.73 Å². The highest BCUT2D eigenvalue weighted by Gasteiger charge is 2.26. The number of rotatable bonds is 4. The normalized spacial score (nSPS) is 10.7. The zero-order valence-electron chi connectivity index (χ0n) is 12.9. The van der Waals surface area contributed by atoms with Crippen molar-refractivity contribution in [1.29, 1.82) is 0 Å². The monoisotopic (exact) mass is 418 g/mol. The number of anilines is 1. The summed E-state index contributed by atoms with van der Waals surface area (Å²) in [5.41, 5.74) is 4.04. The summed E-state index contributed by atoms with van der Waals surface area (Å²) < 4.78 is 2.08. The predicted molar refractivity (Wildman–Crippen MR) is 95.7 cm³/mol. The summed E-state index contributed by atoms with van der Waals surface area (Å²) in [5.74, 6) is -3.44. The summed E-state index contributed by atoms with van der Waals surface area (Å²) in [6, 6.07) is 6.34. The van der Waals surface area contributed by atoms with E-state index in [1.165, 1.54) is 12.1 Å². The molecule has 0 spiro atoms. The first-order chi connectivity index (χ1) is 12.3. The third kappa shape index (κ3) is 2.86. The van der Waals surface area contributed by atoms with Gasteiger partial charge >= 0.3 is 11.9 Å². The van der Waals surface area contributed by atoms with Crippen LogP contribution in [0.15, 0.2) is 45.9 Å². The van der Waals surface area contributed by atoms with Gasteiger partial charge in [0.15, 0.2) is 0 Å². The molecule has 0 fully saturated rings. The Labute approximate surface area is 153 Å². The van der Waals surface area contributed by atoms with Crippen molar-refractivity contribution in [1.82, 2.24) is 14.8 Å². The van der Waals surface area contributed by atoms with E-state index in [4.69, 9.17) is 5.73 Å². The topological polar surface area (TPSA) is 151 Å². The smallest absolute Gasteiger partial charge is 0.342 e. The number of aromatic amines is 1. The SMILES string of the molecule is Nc1[nH]c(=O)c(C(=O)O)c(-c2ccc(-n3cccn3)c(Br)c2)c1C(=O)O. The lowest BCUT2D eigenvalue weighted by atomic mass is 9.95. The van der Waals surface area contributed by atoms with Gasteiger partial charge in [-0.15, -0.1) is 0 Å². The molecule has 1 aromatic carbocycles. The van der Waals surface area contributed by atoms with Crippen LogP contribution < -0.4 is 11.3 Å². The van der Waals surface area contributed by atoms with Crippen molar-refractivity contribution < 1.29 is 19.8 Å². The van der Waals surface area contributed by atoms with Crippen molar-refractivity contribution in [3.8, 4) is 16.8 Å². The molecule has 3 aromatic rings. The Morgan fingerprint density at radius 2 is 1.88 bits per heavy atom. The van der Waals surface area contributed by atoms with Crippen molar-refractivity contribution in [2.45, 2.75) is 0 Å². The molecule has 0 unspecified atom stereocenters. The fourth-order valence-corrected chi connectivity index (χ4v) is 3.16. The Morgan fingerprint density at radius 1 is 1.19 bits per heavy atom. The molecule has 0 amide bonds. The number of carboxylic acids is 2. The van der Waals surface area contributed by atoms with E-state index in [0.717, 1.165) is 0 Å². The molecule has 2 aromatic heterocycles. The van der Waals surface area contributed by atoms with Crippen LogP contribution in [0.25, 0.3) is 16.8 Å². The van der Waals surface area contributed by atoms with Gasteiger partial charge in [0.25, 0.3) is 5.56 Å². The quantitative estimate of drug-likeness (QED) is 0.505. The third-order valence-electron chi connectivity index (χ3n) is 3.66. The average molecular weight is 419 g/mol. The number of hydrogen-bond donors (Lipinski definition) is 4. The number of aromatic nitrogens is 3. The van der Waals surface area contributed by atoms with E-state index in [1.807, 2.05) is 0 Å². The van der Waals surface area contributed by atoms with Crippen LogP contribution in [-0.2, 0) is 0 Å². The van der Waals surface area contributed by atoms with Crippen molar-refractivity contribution >= 4 is 33.7 Å². The number of hydrogen-bond acceptors (Lipinski definition) is 5. The molecular formula is C16H11BrN4O5. The van der Waals surface area contributed by atoms with Gasteiger partial charge in [0.1, 0.15) is 16.9 Å². The standard InChI is InChI=1S/C16H11BrN4O5/c17-8-6-7(2-3-9(8)21-5-1-4-19-21)10-11(15(23)24)13(18)20-14(22)12(10)16(25)26/h1-6H,(H,23,24)(H,25,26)(H3,18,20,22). The van der Waals surface area contributed by atoms with Crippen LogP contribution in [0.4, 0.5) is 5.82 Å². The van der Waals surface area contributed by atoms with Gasteiger partial charge in [-0.25, -0.2) is 14.3 Å². The van der Waals surface area contributed by atoms with E-state index in [2.05, 4.69) is 26.0 Å². The highest BCUT2D eigenvalue weighted by molar-refractivity contribution is 9.10. The van der Waals surface area contributed by atoms with Crippen LogP contribution in [0, 0.1) is 0 Å². The molecule has 3 rings (SSSR count). The van der Waals surface area contributed by atoms with Gasteiger partial charge in [0.2, 0.25) is 0 Å². The lowest BCUT2D eigenvalue weighted by molar-refractivity contribution is 0.0695. The maximum absolute atomic E-state index is 12.1. The molecule has 2 heterocycles. The van der Waals surface area contributed by atoms with Gasteiger partial charge in [-0.3, -0.25) is 4.79 Å². The van der Waals surface area contributed by atoms with Crippen molar-refractivity contribution in [3.05, 3.63) is 62.6 Å². The average Bonchev–Trinajstić information content (AvgIpc) is 3.07. The molecular weight excluding hydrogens is 408 g/mol. The minimum atomic E-state index is -1.56. The van der Waals surface area contributed by atoms with Gasteiger partial charge in [0, 0.05) is 22.4 Å². The molecule has 0 saturated carbocycles. The zero-order valence-corrected chi connectivity index (χ0v) is 14.5. The molecule has 0 aliphatic carbocycles. The van der Waals surface area contributed by atoms with Crippen LogP contribution in [0.3, 0.4) is 0 Å². The molecule has 0 aliphatic rings. The van der Waals surface area contributed by atoms with Crippen LogP contribution >= 0.6 is 15.9 Å². The number of aromatic carboxylic acids is 2. The molecule has 5 N–H and O–H groups in total. The molecule has 26 heavy (non-hydrogen) atoms. The zero-order chi connectivity index (χ0) is 19.0. The summed E-state index contributed by atoms with van der Waals surface area (Å²) >= 11 is 3.35. The Kier molecular flexibility index (Phi) is 4.34. The van der Waals surface area contributed by atoms with Gasteiger partial charge in [-0.05, 0) is 39.7 Å². The van der Waals surface area contributed by atoms with Gasteiger partial charge in [-0.1, -0.05) is 6.07 Å². The first-order valence-corrected chi connectivity index (χ1v) is 7.92. The minimum absolute atomic E-state index is 0.209. The molecule has 0 atom stereocenters. The highest BCUT2D eigenvalue weighted by atomic mass is 79.9. The van der Waals surface area contributed by atoms with Crippen LogP contribution in [0.5, 0.6) is 0 Å². The van der Waals surface area contributed by atoms with Crippen molar-refractivity contribution in [2.24, 2.45) is 0 Å². The Bertz CT molecular complexity index is 1090. The summed E-state index contributed by atoms with van der Waals surface area (Å²) in [6.07, 6.45) is 3.29. The third-order valence-corrected chi connectivity index (χ3v) is 4.30. The second-order valence-electron chi connectivity index (χ2n) is 5.22. The van der Waals surface area contributed by atoms with Crippen molar-refractivity contribution in [3.63, 3.8) is 0 Å². The number of halogens is 1. The summed E-state index contributed by atoms with van der Waals surface area (Å²) in [6.45, 7) is 0. The molecule has 0 aliphatic heterocycles. The number of carbonyl (C=O) groups is 2. The molecule has 0 bridgehead atoms. The van der Waals surface area contributed by atoms with E-state index < -0.39 is 34.4 Å². The van der Waals surface area contributed by atoms with Crippen LogP contribution in [-0.4, -0.2) is 36.9 Å². The lowest BCUT2D eigenvalue weighted by Crippen LogP contribution is -2.24. The second kappa shape index (κ2) is 6.48. The van der Waals surface area contributed by atoms with Gasteiger partial charge < -0.3 is 20.9 Å². The first-order valence-electron chi connectivity index (χ1n) is 7.13. The highest BCUT2D eigenvalue weighted by Crippen LogP contribution is 2.33. The van der Waals surface area contributed by atoms with Crippen LogP contribution in [0.2, 0.25) is 0 Å². The number of nitrogens with zero attached hydrogens (tertiary/aromatic N) is 2. The number of nitrogens with one attached hydrogen (secondary N) is 1. The molecule has 132 valence electrons. The maximum atomic E-state index is 12.1. The van der Waals surface area contributed by atoms with E-state index in [-0.39, 0.29) is 11.1 Å². The largest absolute Gasteiger partial charge is 0.478 e. The maximum Gasteiger partial charge on any atom is 0.342 e. The van der Waals surface area contributed by atoms with E-state index in [9.17, 15) is 24.6 Å². The number of pyridine rings is 1. The minimum Gasteiger partial charge on any atom is -0.478 e. The molecule has 10 heteroatoms. The number of carboxylic acid groups (broad SMARTS) is 2. The molecule has 0 saturated heterocycles. The number of nitrogen functional groups attached to an aromatic ring is 1. The molecule has 0 radical (unpaired) electrons. The number of benzene rings is 1. The van der Waals surface area contributed by atoms with Gasteiger partial charge in [0.05, 0.1) is 5.69 Å². The number of H-pyrrole nitrogens is 1. The molecule has 9 nitrogen and oxygen atoms in total. The lowest BCUT2D eigenvalue weighted by Gasteiger charge is -2.13. The summed E-state index contributed by atoms with van der Waals surface area (Å²) in [7, 11) is 0. The Balaban J connectivity index is 2.33. The first kappa shape index (κ1) is 17.4. The Hall–Kier alpha value is -3.40. The fourth-order valence-electron chi connectivity index (χ4n) is 2.59. The second-order valence-corrected chi connectivity index (χ2v) is 6.07. The summed E-state index contributed by atoms with van der Waals surface area (Å²) in [4.78, 5) is 37.3. The van der Waals surface area contributed by atoms with E-state index in [1.54, 1.807) is 29.2 Å². The van der Waals surface area contributed by atoms with E-state index in [0.29, 0.717) is 10.2 Å². The Morgan fingerprint density at radius 3 is 2.42 bits per heavy atom. The number of nitrogens with two attached hydrogens (primary N) is 1. The van der Waals surface area contributed by atoms with E-state index >= 15 is 0 Å². The summed E-state index contributed by atoms with van der Waals surface area (Å²) in [5, 5.41) is 23.0.